The Morgan fingerprint density at radius 2 is 1.90 bits per heavy atom. The summed E-state index contributed by atoms with van der Waals surface area (Å²) in [6, 6.07) is -0.129. The molecule has 0 bridgehead atoms. The van der Waals surface area contributed by atoms with E-state index in [1.807, 2.05) is 18.7 Å². The Bertz CT molecular complexity index is 954. The number of anilines is 1. The van der Waals surface area contributed by atoms with Crippen molar-refractivity contribution in [3.05, 3.63) is 27.9 Å². The van der Waals surface area contributed by atoms with Gasteiger partial charge >= 0.3 is 6.18 Å². The largest absolute Gasteiger partial charge is 0.408 e. The van der Waals surface area contributed by atoms with Gasteiger partial charge in [-0.1, -0.05) is 0 Å². The van der Waals surface area contributed by atoms with Gasteiger partial charge in [0.25, 0.3) is 5.91 Å². The van der Waals surface area contributed by atoms with Crippen molar-refractivity contribution in [1.29, 1.82) is 0 Å². The molecule has 0 radical (unpaired) electrons. The fraction of sp³-hybridized carbons (Fsp3) is 0.526. The molecule has 2 aliphatic heterocycles. The molecule has 1 saturated heterocycles. The third-order valence-electron chi connectivity index (χ3n) is 5.29. The van der Waals surface area contributed by atoms with Crippen LogP contribution in [0.2, 0.25) is 0 Å². The molecule has 2 aliphatic rings. The van der Waals surface area contributed by atoms with Gasteiger partial charge in [-0.15, -0.1) is 11.3 Å². The molecule has 6 nitrogen and oxygen atoms in total. The van der Waals surface area contributed by atoms with E-state index in [2.05, 4.69) is 4.98 Å². The summed E-state index contributed by atoms with van der Waals surface area (Å²) >= 11 is 1.49. The highest BCUT2D eigenvalue weighted by atomic mass is 32.1. The summed E-state index contributed by atoms with van der Waals surface area (Å²) in [4.78, 5) is 25.8. The maximum Gasteiger partial charge on any atom is 0.408 e. The zero-order chi connectivity index (χ0) is 20.9. The van der Waals surface area contributed by atoms with Crippen molar-refractivity contribution in [2.75, 3.05) is 31.2 Å². The van der Waals surface area contributed by atoms with E-state index in [1.165, 1.54) is 11.3 Å². The van der Waals surface area contributed by atoms with Gasteiger partial charge in [0.2, 0.25) is 0 Å². The van der Waals surface area contributed by atoms with Gasteiger partial charge in [0.05, 0.1) is 40.0 Å². The second kappa shape index (κ2) is 7.24. The van der Waals surface area contributed by atoms with Crippen molar-refractivity contribution in [1.82, 2.24) is 14.9 Å². The van der Waals surface area contributed by atoms with Gasteiger partial charge in [-0.2, -0.15) is 13.2 Å². The van der Waals surface area contributed by atoms with E-state index in [-0.39, 0.29) is 12.1 Å². The van der Waals surface area contributed by atoms with E-state index in [0.29, 0.717) is 43.4 Å². The second-order valence-electron chi connectivity index (χ2n) is 7.26. The molecule has 1 amide bonds. The first-order valence-electron chi connectivity index (χ1n) is 9.35. The third-order valence-corrected chi connectivity index (χ3v) is 6.38. The van der Waals surface area contributed by atoms with Crippen molar-refractivity contribution in [2.24, 2.45) is 0 Å². The number of nitrogens with zero attached hydrogens (tertiary/aromatic N) is 4. The zero-order valence-electron chi connectivity index (χ0n) is 16.3. The zero-order valence-corrected chi connectivity index (χ0v) is 17.2. The number of carbonyl (C=O) groups is 1. The number of fused-ring (bicyclic) bond motifs is 1. The van der Waals surface area contributed by atoms with E-state index >= 15 is 0 Å². The average molecular weight is 426 g/mol. The molecule has 0 spiro atoms. The summed E-state index contributed by atoms with van der Waals surface area (Å²) in [5.74, 6) is -0.185. The van der Waals surface area contributed by atoms with E-state index in [1.54, 1.807) is 6.07 Å². The topological polar surface area (TPSA) is 58.6 Å². The predicted octanol–water partition coefficient (Wildman–Crippen LogP) is 3.57. The van der Waals surface area contributed by atoms with Gasteiger partial charge < -0.3 is 14.5 Å². The van der Waals surface area contributed by atoms with Gasteiger partial charge in [0, 0.05) is 19.6 Å². The molecule has 1 atom stereocenters. The Morgan fingerprint density at radius 1 is 1.21 bits per heavy atom. The number of morpholine rings is 1. The molecule has 2 aromatic heterocycles. The molecule has 4 heterocycles. The number of halogens is 3. The number of ether oxygens (including phenoxy) is 1. The maximum atomic E-state index is 13.3. The summed E-state index contributed by atoms with van der Waals surface area (Å²) in [7, 11) is 0. The SMILES string of the molecule is Cc1nc(C)c(-c2cc3c(c(N4CCOCC4)n2)C(=O)N([C@@H](C)C(F)(F)F)C3)s1. The van der Waals surface area contributed by atoms with Crippen LogP contribution in [0.3, 0.4) is 0 Å². The first-order valence-corrected chi connectivity index (χ1v) is 10.2. The first kappa shape index (κ1) is 20.1. The highest BCUT2D eigenvalue weighted by Crippen LogP contribution is 2.39. The smallest absolute Gasteiger partial charge is 0.378 e. The minimum atomic E-state index is -4.49. The average Bonchev–Trinajstić information content (AvgIpc) is 3.19. The fourth-order valence-corrected chi connectivity index (χ4v) is 4.60. The molecule has 0 aliphatic carbocycles. The lowest BCUT2D eigenvalue weighted by Crippen LogP contribution is -2.44. The van der Waals surface area contributed by atoms with Crippen LogP contribution in [0.5, 0.6) is 0 Å². The number of aryl methyl sites for hydroxylation is 2. The summed E-state index contributed by atoms with van der Waals surface area (Å²) < 4.78 is 45.3. The van der Waals surface area contributed by atoms with E-state index in [9.17, 15) is 18.0 Å². The number of alkyl halides is 3. The van der Waals surface area contributed by atoms with Crippen molar-refractivity contribution in [3.63, 3.8) is 0 Å². The van der Waals surface area contributed by atoms with Crippen molar-refractivity contribution in [2.45, 2.75) is 39.5 Å². The number of rotatable bonds is 3. The Hall–Kier alpha value is -2.20. The lowest BCUT2D eigenvalue weighted by Gasteiger charge is -2.30. The molecule has 0 N–H and O–H groups in total. The Morgan fingerprint density at radius 3 is 2.48 bits per heavy atom. The highest BCUT2D eigenvalue weighted by molar-refractivity contribution is 7.15. The lowest BCUT2D eigenvalue weighted by atomic mass is 10.1. The molecular weight excluding hydrogens is 405 g/mol. The number of hydrogen-bond acceptors (Lipinski definition) is 6. The Balaban J connectivity index is 1.83. The van der Waals surface area contributed by atoms with E-state index in [4.69, 9.17) is 9.72 Å². The number of amides is 1. The minimum Gasteiger partial charge on any atom is -0.378 e. The number of aromatic nitrogens is 2. The molecule has 1 fully saturated rings. The molecule has 0 saturated carbocycles. The van der Waals surface area contributed by atoms with Crippen LogP contribution < -0.4 is 4.90 Å². The van der Waals surface area contributed by atoms with Crippen molar-refractivity contribution >= 4 is 23.1 Å². The van der Waals surface area contributed by atoms with Gasteiger partial charge in [-0.3, -0.25) is 4.79 Å². The molecule has 4 rings (SSSR count). The highest BCUT2D eigenvalue weighted by Gasteiger charge is 2.46. The van der Waals surface area contributed by atoms with Gasteiger partial charge in [-0.05, 0) is 32.4 Å². The molecule has 0 aromatic carbocycles. The van der Waals surface area contributed by atoms with Crippen LogP contribution in [0.1, 0.15) is 33.5 Å². The van der Waals surface area contributed by atoms with Crippen molar-refractivity contribution < 1.29 is 22.7 Å². The lowest BCUT2D eigenvalue weighted by molar-refractivity contribution is -0.172. The van der Waals surface area contributed by atoms with Gasteiger partial charge in [0.1, 0.15) is 11.9 Å². The standard InChI is InChI=1S/C19H21F3N4O2S/c1-10-16(29-12(3)23-10)14-8-13-9-26(11(2)19(20,21)22)18(27)15(13)17(24-14)25-4-6-28-7-5-25/h8,11H,4-7,9H2,1-3H3/t11-/m0/s1. The summed E-state index contributed by atoms with van der Waals surface area (Å²) in [5, 5.41) is 0.885. The molecule has 10 heteroatoms. The third kappa shape index (κ3) is 3.59. The van der Waals surface area contributed by atoms with Crippen LogP contribution in [-0.4, -0.2) is 59.3 Å². The number of carbonyl (C=O) groups excluding carboxylic acids is 1. The van der Waals surface area contributed by atoms with Crippen LogP contribution in [0.4, 0.5) is 19.0 Å². The molecular formula is C19H21F3N4O2S. The summed E-state index contributed by atoms with van der Waals surface area (Å²) in [6.45, 7) is 6.74. The predicted molar refractivity (Wildman–Crippen MR) is 103 cm³/mol. The van der Waals surface area contributed by atoms with Crippen LogP contribution in [-0.2, 0) is 11.3 Å². The van der Waals surface area contributed by atoms with Crippen LogP contribution in [0.25, 0.3) is 10.6 Å². The number of pyridine rings is 1. The van der Waals surface area contributed by atoms with E-state index in [0.717, 1.165) is 27.4 Å². The van der Waals surface area contributed by atoms with Crippen molar-refractivity contribution in [3.8, 4) is 10.6 Å². The van der Waals surface area contributed by atoms with E-state index < -0.39 is 18.1 Å². The quantitative estimate of drug-likeness (QED) is 0.751. The number of thiazole rings is 1. The summed E-state index contributed by atoms with van der Waals surface area (Å²) in [6.07, 6.45) is -4.49. The van der Waals surface area contributed by atoms with Crippen LogP contribution >= 0.6 is 11.3 Å². The Labute approximate surface area is 170 Å². The first-order chi connectivity index (χ1) is 13.7. The minimum absolute atomic E-state index is 0.0848. The van der Waals surface area contributed by atoms with Gasteiger partial charge in [-0.25, -0.2) is 9.97 Å². The monoisotopic (exact) mass is 426 g/mol. The fourth-order valence-electron chi connectivity index (χ4n) is 3.72. The normalized spacial score (nSPS) is 18.3. The second-order valence-corrected chi connectivity index (χ2v) is 8.47. The molecule has 0 unspecified atom stereocenters. The molecule has 2 aromatic rings. The van der Waals surface area contributed by atoms with Gasteiger partial charge in [0.15, 0.2) is 0 Å². The molecule has 156 valence electrons. The molecule has 29 heavy (non-hydrogen) atoms. The maximum absolute atomic E-state index is 13.3. The Kier molecular flexibility index (Phi) is 5.02. The van der Waals surface area contributed by atoms with Crippen LogP contribution in [0.15, 0.2) is 6.07 Å². The number of hydrogen-bond donors (Lipinski definition) is 0. The summed E-state index contributed by atoms with van der Waals surface area (Å²) in [5.41, 5.74) is 2.30. The van der Waals surface area contributed by atoms with Crippen LogP contribution in [0, 0.1) is 13.8 Å².